The van der Waals surface area contributed by atoms with Crippen LogP contribution >= 0.6 is 11.6 Å². The van der Waals surface area contributed by atoms with Gasteiger partial charge in [0.25, 0.3) is 5.69 Å². The van der Waals surface area contributed by atoms with Crippen molar-refractivity contribution in [3.63, 3.8) is 0 Å². The van der Waals surface area contributed by atoms with Gasteiger partial charge >= 0.3 is 0 Å². The molecule has 0 atom stereocenters. The molecule has 1 N–H and O–H groups in total. The van der Waals surface area contributed by atoms with Gasteiger partial charge in [0.15, 0.2) is 0 Å². The summed E-state index contributed by atoms with van der Waals surface area (Å²) < 4.78 is 0. The number of nitro benzene ring substituents is 1. The molecule has 1 saturated heterocycles. The van der Waals surface area contributed by atoms with E-state index in [2.05, 4.69) is 25.2 Å². The summed E-state index contributed by atoms with van der Waals surface area (Å²) in [5, 5.41) is 16.7. The third-order valence-electron chi connectivity index (χ3n) is 6.14. The summed E-state index contributed by atoms with van der Waals surface area (Å²) in [5.41, 5.74) is 2.44. The molecule has 1 aliphatic heterocycles. The van der Waals surface area contributed by atoms with Crippen LogP contribution in [0.4, 0.5) is 23.0 Å². The molecule has 0 radical (unpaired) electrons. The van der Waals surface area contributed by atoms with Crippen molar-refractivity contribution in [3.05, 3.63) is 87.8 Å². The highest BCUT2D eigenvalue weighted by atomic mass is 35.5. The Morgan fingerprint density at radius 3 is 2.46 bits per heavy atom. The van der Waals surface area contributed by atoms with E-state index in [4.69, 9.17) is 11.6 Å². The Hall–Kier alpha value is -3.98. The van der Waals surface area contributed by atoms with Crippen molar-refractivity contribution in [3.8, 4) is 0 Å². The Labute approximate surface area is 207 Å². The Morgan fingerprint density at radius 2 is 1.74 bits per heavy atom. The van der Waals surface area contributed by atoms with E-state index in [-0.39, 0.29) is 10.6 Å². The van der Waals surface area contributed by atoms with E-state index in [0.29, 0.717) is 47.1 Å². The van der Waals surface area contributed by atoms with Crippen LogP contribution in [-0.2, 0) is 6.42 Å². The van der Waals surface area contributed by atoms with Gasteiger partial charge in [0, 0.05) is 55.4 Å². The van der Waals surface area contributed by atoms with Gasteiger partial charge in [-0.15, -0.1) is 0 Å². The maximum atomic E-state index is 12.0. The molecule has 0 saturated carbocycles. The molecular formula is C25H24ClN7O2. The number of fused-ring (bicyclic) bond motifs is 1. The van der Waals surface area contributed by atoms with Gasteiger partial charge in [-0.25, -0.2) is 15.0 Å². The smallest absolute Gasteiger partial charge is 0.293 e. The number of rotatable bonds is 7. The first kappa shape index (κ1) is 22.8. The van der Waals surface area contributed by atoms with Gasteiger partial charge in [-0.2, -0.15) is 0 Å². The summed E-state index contributed by atoms with van der Waals surface area (Å²) in [6.45, 7) is 3.39. The lowest BCUT2D eigenvalue weighted by Crippen LogP contribution is -2.47. The summed E-state index contributed by atoms with van der Waals surface area (Å²) in [5.74, 6) is 1.50. The number of nitrogens with one attached hydrogen (secondary N) is 1. The standard InChI is InChI=1S/C25H24ClN7O2/c26-19-6-4-18(5-7-19)8-10-28-25-20-15-23(33(34)35)22(16-21(20)29-17-30-25)31-11-13-32(14-12-31)24-3-1-2-9-27-24/h1-7,9,15-17H,8,10-14H2,(H,28,29,30). The normalized spacial score (nSPS) is 13.7. The molecule has 0 spiro atoms. The van der Waals surface area contributed by atoms with Gasteiger partial charge in [0.2, 0.25) is 0 Å². The van der Waals surface area contributed by atoms with Gasteiger partial charge in [0.05, 0.1) is 10.4 Å². The van der Waals surface area contributed by atoms with Gasteiger partial charge < -0.3 is 15.1 Å². The molecule has 9 nitrogen and oxygen atoms in total. The van der Waals surface area contributed by atoms with Crippen molar-refractivity contribution < 1.29 is 4.92 Å². The molecule has 0 unspecified atom stereocenters. The van der Waals surface area contributed by atoms with Gasteiger partial charge in [0.1, 0.15) is 23.7 Å². The van der Waals surface area contributed by atoms with Crippen LogP contribution in [0, 0.1) is 10.1 Å². The van der Waals surface area contributed by atoms with E-state index in [0.717, 1.165) is 30.9 Å². The van der Waals surface area contributed by atoms with Crippen molar-refractivity contribution in [1.82, 2.24) is 15.0 Å². The fourth-order valence-corrected chi connectivity index (χ4v) is 4.44. The Morgan fingerprint density at radius 1 is 0.971 bits per heavy atom. The quantitative estimate of drug-likeness (QED) is 0.297. The first-order valence-corrected chi connectivity index (χ1v) is 11.8. The van der Waals surface area contributed by atoms with E-state index in [9.17, 15) is 10.1 Å². The topological polar surface area (TPSA) is 100 Å². The molecule has 10 heteroatoms. The molecule has 0 aliphatic carbocycles. The van der Waals surface area contributed by atoms with E-state index in [1.165, 1.54) is 6.33 Å². The molecule has 2 aromatic heterocycles. The van der Waals surface area contributed by atoms with E-state index >= 15 is 0 Å². The number of halogens is 1. The second-order valence-corrected chi connectivity index (χ2v) is 8.74. The molecule has 1 aliphatic rings. The lowest BCUT2D eigenvalue weighted by molar-refractivity contribution is -0.384. The highest BCUT2D eigenvalue weighted by Crippen LogP contribution is 2.35. The lowest BCUT2D eigenvalue weighted by Gasteiger charge is -2.36. The molecule has 4 aromatic rings. The average Bonchev–Trinajstić information content (AvgIpc) is 2.90. The van der Waals surface area contributed by atoms with Crippen molar-refractivity contribution in [2.75, 3.05) is 47.8 Å². The van der Waals surface area contributed by atoms with E-state index in [1.54, 1.807) is 18.3 Å². The predicted molar refractivity (Wildman–Crippen MR) is 139 cm³/mol. The summed E-state index contributed by atoms with van der Waals surface area (Å²) in [6.07, 6.45) is 4.03. The first-order valence-electron chi connectivity index (χ1n) is 11.4. The van der Waals surface area contributed by atoms with Crippen molar-refractivity contribution in [2.24, 2.45) is 0 Å². The van der Waals surface area contributed by atoms with Crippen LogP contribution in [0.15, 0.2) is 67.1 Å². The second-order valence-electron chi connectivity index (χ2n) is 8.30. The molecule has 5 rings (SSSR count). The third-order valence-corrected chi connectivity index (χ3v) is 6.39. The molecule has 1 fully saturated rings. The van der Waals surface area contributed by atoms with Gasteiger partial charge in [-0.1, -0.05) is 29.8 Å². The van der Waals surface area contributed by atoms with Crippen molar-refractivity contribution in [2.45, 2.75) is 6.42 Å². The molecule has 35 heavy (non-hydrogen) atoms. The van der Waals surface area contributed by atoms with Crippen LogP contribution in [0.25, 0.3) is 10.9 Å². The Balaban J connectivity index is 1.35. The molecule has 3 heterocycles. The van der Waals surface area contributed by atoms with Crippen molar-refractivity contribution in [1.29, 1.82) is 0 Å². The van der Waals surface area contributed by atoms with Crippen LogP contribution in [0.2, 0.25) is 5.02 Å². The maximum absolute atomic E-state index is 12.0. The van der Waals surface area contributed by atoms with Crippen LogP contribution in [-0.4, -0.2) is 52.6 Å². The third kappa shape index (κ3) is 5.09. The summed E-state index contributed by atoms with van der Waals surface area (Å²) in [4.78, 5) is 29.1. The van der Waals surface area contributed by atoms with Gasteiger partial charge in [-0.3, -0.25) is 10.1 Å². The number of pyridine rings is 1. The zero-order chi connectivity index (χ0) is 24.2. The first-order chi connectivity index (χ1) is 17.1. The predicted octanol–water partition coefficient (Wildman–Crippen LogP) is 4.57. The lowest BCUT2D eigenvalue weighted by atomic mass is 10.1. The highest BCUT2D eigenvalue weighted by Gasteiger charge is 2.26. The summed E-state index contributed by atoms with van der Waals surface area (Å²) in [6, 6.07) is 16.9. The van der Waals surface area contributed by atoms with Crippen molar-refractivity contribution >= 4 is 45.5 Å². The monoisotopic (exact) mass is 489 g/mol. The SMILES string of the molecule is O=[N+]([O-])c1cc2c(NCCc3ccc(Cl)cc3)ncnc2cc1N1CCN(c2ccccn2)CC1. The maximum Gasteiger partial charge on any atom is 0.293 e. The zero-order valence-electron chi connectivity index (χ0n) is 19.0. The van der Waals surface area contributed by atoms with E-state index in [1.807, 2.05) is 47.4 Å². The Kier molecular flexibility index (Phi) is 6.58. The number of benzene rings is 2. The van der Waals surface area contributed by atoms with Crippen LogP contribution in [0.5, 0.6) is 0 Å². The van der Waals surface area contributed by atoms with E-state index < -0.39 is 0 Å². The number of piperazine rings is 1. The Bertz CT molecular complexity index is 1330. The number of nitro groups is 1. The molecule has 2 aromatic carbocycles. The minimum absolute atomic E-state index is 0.0549. The molecule has 178 valence electrons. The molecule has 0 amide bonds. The number of hydrogen-bond acceptors (Lipinski definition) is 8. The average molecular weight is 490 g/mol. The summed E-state index contributed by atoms with van der Waals surface area (Å²) in [7, 11) is 0. The molecule has 0 bridgehead atoms. The zero-order valence-corrected chi connectivity index (χ0v) is 19.7. The molecular weight excluding hydrogens is 466 g/mol. The second kappa shape index (κ2) is 10.1. The number of anilines is 3. The number of hydrogen-bond donors (Lipinski definition) is 1. The van der Waals surface area contributed by atoms with Gasteiger partial charge in [-0.05, 0) is 42.3 Å². The highest BCUT2D eigenvalue weighted by molar-refractivity contribution is 6.30. The number of aromatic nitrogens is 3. The number of nitrogens with zero attached hydrogens (tertiary/aromatic N) is 6. The van der Waals surface area contributed by atoms with Crippen LogP contribution in [0.3, 0.4) is 0 Å². The van der Waals surface area contributed by atoms with Crippen LogP contribution in [0.1, 0.15) is 5.56 Å². The fraction of sp³-hybridized carbons (Fsp3) is 0.240. The van der Waals surface area contributed by atoms with Crippen LogP contribution < -0.4 is 15.1 Å². The summed E-state index contributed by atoms with van der Waals surface area (Å²) >= 11 is 5.96. The minimum atomic E-state index is -0.329. The fourth-order valence-electron chi connectivity index (χ4n) is 4.31. The largest absolute Gasteiger partial charge is 0.369 e. The minimum Gasteiger partial charge on any atom is -0.369 e.